The second kappa shape index (κ2) is 6.20. The van der Waals surface area contributed by atoms with E-state index in [0.717, 1.165) is 18.8 Å². The Morgan fingerprint density at radius 3 is 2.91 bits per heavy atom. The van der Waals surface area contributed by atoms with E-state index < -0.39 is 5.60 Å². The number of nitrogens with zero attached hydrogens (tertiary/aromatic N) is 4. The number of hydrogen-bond acceptors (Lipinski definition) is 6. The first-order valence-corrected chi connectivity index (χ1v) is 7.14. The number of hydrogen-bond donors (Lipinski definition) is 2. The SMILES string of the molecule is COC1(C(=O)Nc2cccc(-n3cnnn3)c2)CCNCC1. The number of rotatable bonds is 4. The van der Waals surface area contributed by atoms with Crippen LogP contribution in [0.1, 0.15) is 12.8 Å². The summed E-state index contributed by atoms with van der Waals surface area (Å²) in [5, 5.41) is 17.2. The van der Waals surface area contributed by atoms with Crippen LogP contribution >= 0.6 is 0 Å². The third-order valence-electron chi connectivity index (χ3n) is 3.93. The molecule has 22 heavy (non-hydrogen) atoms. The van der Waals surface area contributed by atoms with Gasteiger partial charge in [-0.2, -0.15) is 0 Å². The Kier molecular flexibility index (Phi) is 4.12. The number of amides is 1. The average molecular weight is 302 g/mol. The normalized spacial score (nSPS) is 17.1. The maximum atomic E-state index is 12.6. The molecule has 2 aromatic rings. The van der Waals surface area contributed by atoms with Gasteiger partial charge in [0.1, 0.15) is 11.9 Å². The van der Waals surface area contributed by atoms with Gasteiger partial charge in [-0.3, -0.25) is 4.79 Å². The topological polar surface area (TPSA) is 94.0 Å². The number of benzene rings is 1. The van der Waals surface area contributed by atoms with E-state index in [1.165, 1.54) is 11.0 Å². The van der Waals surface area contributed by atoms with Crippen molar-refractivity contribution < 1.29 is 9.53 Å². The fraction of sp³-hybridized carbons (Fsp3) is 0.429. The molecule has 0 bridgehead atoms. The molecule has 0 unspecified atom stereocenters. The minimum absolute atomic E-state index is 0.120. The van der Waals surface area contributed by atoms with Crippen LogP contribution in [0.5, 0.6) is 0 Å². The average Bonchev–Trinajstić information content (AvgIpc) is 3.10. The Morgan fingerprint density at radius 2 is 2.23 bits per heavy atom. The lowest BCUT2D eigenvalue weighted by molar-refractivity contribution is -0.140. The van der Waals surface area contributed by atoms with E-state index in [1.54, 1.807) is 7.11 Å². The van der Waals surface area contributed by atoms with Gasteiger partial charge in [-0.05, 0) is 54.6 Å². The highest BCUT2D eigenvalue weighted by Crippen LogP contribution is 2.25. The highest BCUT2D eigenvalue weighted by molar-refractivity contribution is 5.97. The van der Waals surface area contributed by atoms with Crippen LogP contribution in [0.25, 0.3) is 5.69 Å². The van der Waals surface area contributed by atoms with Gasteiger partial charge >= 0.3 is 0 Å². The summed E-state index contributed by atoms with van der Waals surface area (Å²) in [4.78, 5) is 12.6. The molecule has 1 aliphatic rings. The number of aromatic nitrogens is 4. The molecule has 1 aromatic carbocycles. The molecule has 3 rings (SSSR count). The summed E-state index contributed by atoms with van der Waals surface area (Å²) in [7, 11) is 1.59. The molecule has 0 saturated carbocycles. The van der Waals surface area contributed by atoms with Gasteiger partial charge in [0.05, 0.1) is 5.69 Å². The maximum absolute atomic E-state index is 12.6. The fourth-order valence-electron chi connectivity index (χ4n) is 2.61. The van der Waals surface area contributed by atoms with E-state index in [9.17, 15) is 4.79 Å². The zero-order valence-corrected chi connectivity index (χ0v) is 12.3. The van der Waals surface area contributed by atoms with E-state index >= 15 is 0 Å². The Hall–Kier alpha value is -2.32. The molecule has 1 amide bonds. The predicted molar refractivity (Wildman–Crippen MR) is 79.6 cm³/mol. The number of nitrogens with one attached hydrogen (secondary N) is 2. The first kappa shape index (κ1) is 14.6. The van der Waals surface area contributed by atoms with Crippen LogP contribution in [-0.2, 0) is 9.53 Å². The fourth-order valence-corrected chi connectivity index (χ4v) is 2.61. The van der Waals surface area contributed by atoms with Crippen LogP contribution in [0.2, 0.25) is 0 Å². The molecule has 0 radical (unpaired) electrons. The third kappa shape index (κ3) is 2.83. The Morgan fingerprint density at radius 1 is 1.41 bits per heavy atom. The maximum Gasteiger partial charge on any atom is 0.256 e. The summed E-state index contributed by atoms with van der Waals surface area (Å²) >= 11 is 0. The first-order valence-electron chi connectivity index (χ1n) is 7.14. The molecule has 116 valence electrons. The van der Waals surface area contributed by atoms with Gasteiger partial charge in [0.2, 0.25) is 0 Å². The molecule has 2 heterocycles. The Bertz CT molecular complexity index is 637. The quantitative estimate of drug-likeness (QED) is 0.847. The van der Waals surface area contributed by atoms with Crippen LogP contribution in [0.4, 0.5) is 5.69 Å². The Balaban J connectivity index is 1.78. The third-order valence-corrected chi connectivity index (χ3v) is 3.93. The highest BCUT2D eigenvalue weighted by atomic mass is 16.5. The minimum atomic E-state index is -0.768. The van der Waals surface area contributed by atoms with Crippen molar-refractivity contribution in [1.29, 1.82) is 0 Å². The Labute approximate surface area is 127 Å². The molecule has 8 heteroatoms. The van der Waals surface area contributed by atoms with Gasteiger partial charge in [-0.15, -0.1) is 5.10 Å². The monoisotopic (exact) mass is 302 g/mol. The molecular weight excluding hydrogens is 284 g/mol. The van der Waals surface area contributed by atoms with Crippen LogP contribution in [-0.4, -0.2) is 51.9 Å². The second-order valence-electron chi connectivity index (χ2n) is 5.21. The molecule has 0 spiro atoms. The van der Waals surface area contributed by atoms with Crippen molar-refractivity contribution in [2.75, 3.05) is 25.5 Å². The summed E-state index contributed by atoms with van der Waals surface area (Å²) in [6.45, 7) is 1.54. The summed E-state index contributed by atoms with van der Waals surface area (Å²) in [5.74, 6) is -0.120. The molecule has 1 saturated heterocycles. The van der Waals surface area contributed by atoms with Gasteiger partial charge < -0.3 is 15.4 Å². The minimum Gasteiger partial charge on any atom is -0.368 e. The number of carbonyl (C=O) groups excluding carboxylic acids is 1. The zero-order valence-electron chi connectivity index (χ0n) is 12.3. The van der Waals surface area contributed by atoms with Crippen molar-refractivity contribution >= 4 is 11.6 Å². The molecule has 1 aromatic heterocycles. The lowest BCUT2D eigenvalue weighted by Crippen LogP contribution is -2.51. The number of methoxy groups -OCH3 is 1. The second-order valence-corrected chi connectivity index (χ2v) is 5.21. The van der Waals surface area contributed by atoms with E-state index in [2.05, 4.69) is 26.2 Å². The number of anilines is 1. The van der Waals surface area contributed by atoms with Crippen molar-refractivity contribution in [3.05, 3.63) is 30.6 Å². The van der Waals surface area contributed by atoms with Gasteiger partial charge in [0, 0.05) is 12.8 Å². The molecule has 1 aliphatic heterocycles. The van der Waals surface area contributed by atoms with Crippen molar-refractivity contribution in [2.24, 2.45) is 0 Å². The standard InChI is InChI=1S/C14H18N6O2/c1-22-14(5-7-15-8-6-14)13(21)17-11-3-2-4-12(9-11)20-10-16-18-19-20/h2-4,9-10,15H,5-8H2,1H3,(H,17,21). The van der Waals surface area contributed by atoms with Crippen LogP contribution in [0, 0.1) is 0 Å². The lowest BCUT2D eigenvalue weighted by Gasteiger charge is -2.34. The van der Waals surface area contributed by atoms with Gasteiger partial charge in [-0.25, -0.2) is 4.68 Å². The molecular formula is C14H18N6O2. The van der Waals surface area contributed by atoms with Crippen LogP contribution < -0.4 is 10.6 Å². The summed E-state index contributed by atoms with van der Waals surface area (Å²) in [6, 6.07) is 7.35. The van der Waals surface area contributed by atoms with Gasteiger partial charge in [0.15, 0.2) is 0 Å². The van der Waals surface area contributed by atoms with Crippen molar-refractivity contribution in [1.82, 2.24) is 25.5 Å². The van der Waals surface area contributed by atoms with E-state index in [1.807, 2.05) is 24.3 Å². The molecule has 0 atom stereocenters. The van der Waals surface area contributed by atoms with Crippen molar-refractivity contribution in [3.63, 3.8) is 0 Å². The molecule has 2 N–H and O–H groups in total. The molecule has 0 aliphatic carbocycles. The predicted octanol–water partition coefficient (Wildman–Crippen LogP) is 0.369. The molecule has 8 nitrogen and oxygen atoms in total. The van der Waals surface area contributed by atoms with Crippen molar-refractivity contribution in [2.45, 2.75) is 18.4 Å². The summed E-state index contributed by atoms with van der Waals surface area (Å²) < 4.78 is 7.06. The zero-order chi connectivity index (χ0) is 15.4. The number of ether oxygens (including phenoxy) is 1. The number of tetrazole rings is 1. The summed E-state index contributed by atoms with van der Waals surface area (Å²) in [6.07, 6.45) is 2.81. The smallest absolute Gasteiger partial charge is 0.256 e. The van der Waals surface area contributed by atoms with E-state index in [0.29, 0.717) is 18.5 Å². The molecule has 1 fully saturated rings. The highest BCUT2D eigenvalue weighted by Gasteiger charge is 2.39. The van der Waals surface area contributed by atoms with Gasteiger partial charge in [0.25, 0.3) is 5.91 Å². The number of piperidine rings is 1. The van der Waals surface area contributed by atoms with Crippen LogP contribution in [0.3, 0.4) is 0 Å². The van der Waals surface area contributed by atoms with Crippen molar-refractivity contribution in [3.8, 4) is 5.69 Å². The summed E-state index contributed by atoms with van der Waals surface area (Å²) in [5.41, 5.74) is 0.698. The van der Waals surface area contributed by atoms with Crippen LogP contribution in [0.15, 0.2) is 30.6 Å². The largest absolute Gasteiger partial charge is 0.368 e. The first-order chi connectivity index (χ1) is 10.7. The van der Waals surface area contributed by atoms with E-state index in [4.69, 9.17) is 4.74 Å². The lowest BCUT2D eigenvalue weighted by atomic mass is 9.91. The van der Waals surface area contributed by atoms with E-state index in [-0.39, 0.29) is 5.91 Å². The number of carbonyl (C=O) groups is 1. The van der Waals surface area contributed by atoms with Gasteiger partial charge in [-0.1, -0.05) is 6.07 Å².